The molecule has 0 radical (unpaired) electrons. The summed E-state index contributed by atoms with van der Waals surface area (Å²) in [5.74, 6) is -3.08. The maximum absolute atomic E-state index is 10.7. The van der Waals surface area contributed by atoms with E-state index in [9.17, 15) is 14.4 Å². The van der Waals surface area contributed by atoms with Crippen LogP contribution in [0.15, 0.2) is 24.3 Å². The summed E-state index contributed by atoms with van der Waals surface area (Å²) < 4.78 is 0. The monoisotopic (exact) mass is 281 g/mol. The predicted octanol–water partition coefficient (Wildman–Crippen LogP) is 0.746. The zero-order valence-corrected chi connectivity index (χ0v) is 10.7. The van der Waals surface area contributed by atoms with Crippen LogP contribution in [0, 0.1) is 0 Å². The van der Waals surface area contributed by atoms with E-state index in [0.717, 1.165) is 5.56 Å². The van der Waals surface area contributed by atoms with Crippen LogP contribution >= 0.6 is 0 Å². The Bertz CT molecular complexity index is 496. The molecule has 0 aromatic heterocycles. The molecule has 0 aliphatic heterocycles. The lowest BCUT2D eigenvalue weighted by molar-refractivity contribution is -0.141. The second kappa shape index (κ2) is 7.25. The Morgan fingerprint density at radius 2 is 1.55 bits per heavy atom. The maximum Gasteiger partial charge on any atom is 0.335 e. The minimum atomic E-state index is -1.04. The van der Waals surface area contributed by atoms with Crippen molar-refractivity contribution in [2.75, 3.05) is 13.1 Å². The highest BCUT2D eigenvalue weighted by molar-refractivity contribution is 5.87. The van der Waals surface area contributed by atoms with Crippen LogP contribution in [-0.4, -0.2) is 51.2 Å². The van der Waals surface area contributed by atoms with Gasteiger partial charge in [0.1, 0.15) is 0 Å². The van der Waals surface area contributed by atoms with E-state index in [1.54, 1.807) is 12.1 Å². The van der Waals surface area contributed by atoms with Crippen molar-refractivity contribution in [3.8, 4) is 0 Å². The van der Waals surface area contributed by atoms with Gasteiger partial charge in [-0.25, -0.2) is 4.79 Å². The molecule has 1 aromatic carbocycles. The van der Waals surface area contributed by atoms with E-state index in [1.165, 1.54) is 17.0 Å². The highest BCUT2D eigenvalue weighted by Gasteiger charge is 2.12. The number of carboxylic acids is 3. The summed E-state index contributed by atoms with van der Waals surface area (Å²) in [4.78, 5) is 33.4. The molecule has 0 fully saturated rings. The molecule has 3 N–H and O–H groups in total. The largest absolute Gasteiger partial charge is 0.481 e. The molecule has 1 aromatic rings. The Kier molecular flexibility index (Phi) is 5.67. The van der Waals surface area contributed by atoms with Crippen molar-refractivity contribution >= 4 is 17.9 Å². The first-order valence-corrected chi connectivity index (χ1v) is 5.86. The van der Waals surface area contributed by atoms with Crippen molar-refractivity contribution in [3.63, 3.8) is 0 Å². The Labute approximate surface area is 115 Å². The minimum absolute atomic E-state index is 0.113. The Morgan fingerprint density at radius 1 is 0.950 bits per heavy atom. The Hall–Kier alpha value is -2.41. The lowest BCUT2D eigenvalue weighted by atomic mass is 10.1. The predicted molar refractivity (Wildman–Crippen MR) is 68.6 cm³/mol. The van der Waals surface area contributed by atoms with Crippen molar-refractivity contribution in [2.45, 2.75) is 13.0 Å². The minimum Gasteiger partial charge on any atom is -0.481 e. The van der Waals surface area contributed by atoms with Gasteiger partial charge in [-0.15, -0.1) is 0 Å². The lowest BCUT2D eigenvalue weighted by Crippen LogP contribution is -2.31. The first-order valence-electron chi connectivity index (χ1n) is 5.86. The second-order valence-electron chi connectivity index (χ2n) is 4.25. The van der Waals surface area contributed by atoms with Gasteiger partial charge < -0.3 is 15.3 Å². The average molecular weight is 281 g/mol. The quantitative estimate of drug-likeness (QED) is 0.643. The fraction of sp³-hybridized carbons (Fsp3) is 0.308. The molecule has 7 nitrogen and oxygen atoms in total. The van der Waals surface area contributed by atoms with Gasteiger partial charge >= 0.3 is 17.9 Å². The van der Waals surface area contributed by atoms with E-state index in [0.29, 0.717) is 0 Å². The van der Waals surface area contributed by atoms with Crippen molar-refractivity contribution in [1.82, 2.24) is 4.90 Å². The summed E-state index contributed by atoms with van der Waals surface area (Å²) in [7, 11) is 0. The van der Waals surface area contributed by atoms with E-state index in [2.05, 4.69) is 0 Å². The molecule has 0 spiro atoms. The number of aromatic carboxylic acids is 1. The SMILES string of the molecule is O=C(O)CCN(CC(=O)O)Cc1ccc(C(=O)O)cc1. The third-order valence-corrected chi connectivity index (χ3v) is 2.61. The van der Waals surface area contributed by atoms with Gasteiger partial charge in [0.2, 0.25) is 0 Å². The van der Waals surface area contributed by atoms with E-state index in [4.69, 9.17) is 15.3 Å². The number of rotatable bonds is 8. The summed E-state index contributed by atoms with van der Waals surface area (Å²) in [6.07, 6.45) is -0.152. The zero-order chi connectivity index (χ0) is 15.1. The molecule has 0 amide bonds. The van der Waals surface area contributed by atoms with Crippen molar-refractivity contribution in [1.29, 1.82) is 0 Å². The molecule has 0 unspecified atom stereocenters. The molecular weight excluding hydrogens is 266 g/mol. The first-order chi connectivity index (χ1) is 9.38. The van der Waals surface area contributed by atoms with Gasteiger partial charge in [0.05, 0.1) is 18.5 Å². The maximum atomic E-state index is 10.7. The summed E-state index contributed by atoms with van der Waals surface area (Å²) in [6, 6.07) is 6.01. The molecule has 7 heteroatoms. The van der Waals surface area contributed by atoms with Gasteiger partial charge in [0, 0.05) is 13.1 Å². The normalized spacial score (nSPS) is 10.4. The van der Waals surface area contributed by atoms with Crippen molar-refractivity contribution in [2.24, 2.45) is 0 Å². The van der Waals surface area contributed by atoms with E-state index >= 15 is 0 Å². The highest BCUT2D eigenvalue weighted by Crippen LogP contribution is 2.08. The van der Waals surface area contributed by atoms with Gasteiger partial charge in [-0.3, -0.25) is 14.5 Å². The molecule has 0 aliphatic rings. The highest BCUT2D eigenvalue weighted by atomic mass is 16.4. The second-order valence-corrected chi connectivity index (χ2v) is 4.25. The van der Waals surface area contributed by atoms with Crippen LogP contribution in [0.3, 0.4) is 0 Å². The molecule has 0 bridgehead atoms. The van der Waals surface area contributed by atoms with E-state index in [-0.39, 0.29) is 31.6 Å². The summed E-state index contributed by atoms with van der Waals surface area (Å²) in [6.45, 7) is 0.0930. The standard InChI is InChI=1S/C13H15NO6/c15-11(16)5-6-14(8-12(17)18)7-9-1-3-10(4-2-9)13(19)20/h1-4H,5-8H2,(H,15,16)(H,17,18)(H,19,20). The number of carboxylic acid groups (broad SMARTS) is 3. The average Bonchev–Trinajstić information content (AvgIpc) is 2.36. The van der Waals surface area contributed by atoms with Gasteiger partial charge in [-0.05, 0) is 17.7 Å². The van der Waals surface area contributed by atoms with Crippen LogP contribution < -0.4 is 0 Å². The van der Waals surface area contributed by atoms with Crippen LogP contribution in [0.25, 0.3) is 0 Å². The molecule has 0 saturated carbocycles. The zero-order valence-electron chi connectivity index (χ0n) is 10.7. The fourth-order valence-corrected chi connectivity index (χ4v) is 1.67. The Balaban J connectivity index is 2.69. The number of benzene rings is 1. The summed E-state index contributed by atoms with van der Waals surface area (Å²) in [5.41, 5.74) is 0.866. The molecule has 20 heavy (non-hydrogen) atoms. The van der Waals surface area contributed by atoms with Crippen LogP contribution in [-0.2, 0) is 16.1 Å². The van der Waals surface area contributed by atoms with Gasteiger partial charge in [0.25, 0.3) is 0 Å². The molecule has 0 atom stereocenters. The van der Waals surface area contributed by atoms with Gasteiger partial charge in [-0.1, -0.05) is 12.1 Å². The van der Waals surface area contributed by atoms with Crippen LogP contribution in [0.5, 0.6) is 0 Å². The molecule has 0 heterocycles. The topological polar surface area (TPSA) is 115 Å². The molecule has 1 rings (SSSR count). The van der Waals surface area contributed by atoms with E-state index < -0.39 is 17.9 Å². The number of aliphatic carboxylic acids is 2. The molecular formula is C13H15NO6. The summed E-state index contributed by atoms with van der Waals surface area (Å²) in [5, 5.41) is 26.2. The number of hydrogen-bond donors (Lipinski definition) is 3. The van der Waals surface area contributed by atoms with Gasteiger partial charge in [-0.2, -0.15) is 0 Å². The van der Waals surface area contributed by atoms with E-state index in [1.807, 2.05) is 0 Å². The summed E-state index contributed by atoms with van der Waals surface area (Å²) >= 11 is 0. The van der Waals surface area contributed by atoms with Crippen molar-refractivity contribution < 1.29 is 29.7 Å². The van der Waals surface area contributed by atoms with Crippen molar-refractivity contribution in [3.05, 3.63) is 35.4 Å². The van der Waals surface area contributed by atoms with Crippen LogP contribution in [0.2, 0.25) is 0 Å². The van der Waals surface area contributed by atoms with Gasteiger partial charge in [0.15, 0.2) is 0 Å². The number of carbonyl (C=O) groups is 3. The first kappa shape index (κ1) is 15.6. The molecule has 0 aliphatic carbocycles. The lowest BCUT2D eigenvalue weighted by Gasteiger charge is -2.19. The fourth-order valence-electron chi connectivity index (χ4n) is 1.67. The third-order valence-electron chi connectivity index (χ3n) is 2.61. The molecule has 108 valence electrons. The Morgan fingerprint density at radius 3 is 2.00 bits per heavy atom. The number of nitrogens with zero attached hydrogens (tertiary/aromatic N) is 1. The van der Waals surface area contributed by atoms with Crippen LogP contribution in [0.4, 0.5) is 0 Å². The third kappa shape index (κ3) is 5.49. The smallest absolute Gasteiger partial charge is 0.335 e. The number of hydrogen-bond acceptors (Lipinski definition) is 4. The van der Waals surface area contributed by atoms with Crippen LogP contribution in [0.1, 0.15) is 22.3 Å². The molecule has 0 saturated heterocycles.